The minimum Gasteiger partial charge on any atom is -0.493 e. The first-order valence-electron chi connectivity index (χ1n) is 15.2. The van der Waals surface area contributed by atoms with E-state index in [9.17, 15) is 9.59 Å². The number of hydrogen-bond donors (Lipinski definition) is 1. The molecule has 2 aromatic heterocycles. The van der Waals surface area contributed by atoms with Crippen molar-refractivity contribution in [3.63, 3.8) is 0 Å². The van der Waals surface area contributed by atoms with E-state index < -0.39 is 5.97 Å². The van der Waals surface area contributed by atoms with Crippen LogP contribution in [0, 0.1) is 0 Å². The largest absolute Gasteiger partial charge is 0.493 e. The van der Waals surface area contributed by atoms with Crippen molar-refractivity contribution in [3.8, 4) is 11.5 Å². The maximum atomic E-state index is 13.7. The van der Waals surface area contributed by atoms with E-state index in [0.29, 0.717) is 68.5 Å². The summed E-state index contributed by atoms with van der Waals surface area (Å²) in [5.74, 6) is 1.67. The summed E-state index contributed by atoms with van der Waals surface area (Å²) in [6.07, 6.45) is 1.29. The SMILES string of the molecule is CCN(CC)CC(=O)N(CCCn1c(CCOC)nc2c(N)nc3ccccc3c21)Cc1ccc(OC)c(OCC(=O)OC)c1. The van der Waals surface area contributed by atoms with Gasteiger partial charge in [0.1, 0.15) is 11.3 Å². The zero-order valence-electron chi connectivity index (χ0n) is 26.9. The molecule has 12 heteroatoms. The molecule has 2 N–H and O–H groups in total. The molecule has 0 radical (unpaired) electrons. The van der Waals surface area contributed by atoms with E-state index in [4.69, 9.17) is 29.7 Å². The summed E-state index contributed by atoms with van der Waals surface area (Å²) in [6, 6.07) is 13.4. The molecule has 0 aliphatic heterocycles. The number of nitrogens with two attached hydrogens (primary N) is 1. The van der Waals surface area contributed by atoms with Crippen molar-refractivity contribution in [1.29, 1.82) is 0 Å². The number of fused-ring (bicyclic) bond motifs is 3. The topological polar surface area (TPSA) is 134 Å². The summed E-state index contributed by atoms with van der Waals surface area (Å²) in [5.41, 5.74) is 9.63. The van der Waals surface area contributed by atoms with Crippen molar-refractivity contribution in [2.45, 2.75) is 39.8 Å². The number of methoxy groups -OCH3 is 3. The molecule has 0 saturated carbocycles. The Hall–Kier alpha value is -4.42. The molecular weight excluding hydrogens is 576 g/mol. The van der Waals surface area contributed by atoms with E-state index in [1.165, 1.54) is 14.2 Å². The van der Waals surface area contributed by atoms with Gasteiger partial charge in [0.2, 0.25) is 5.91 Å². The number of para-hydroxylation sites is 1. The second-order valence-electron chi connectivity index (χ2n) is 10.6. The number of carbonyl (C=O) groups excluding carboxylic acids is 2. The Morgan fingerprint density at radius 1 is 1.00 bits per heavy atom. The van der Waals surface area contributed by atoms with Crippen LogP contribution in [0.3, 0.4) is 0 Å². The van der Waals surface area contributed by atoms with Crippen molar-refractivity contribution < 1.29 is 28.5 Å². The maximum absolute atomic E-state index is 13.7. The number of nitrogens with zero attached hydrogens (tertiary/aromatic N) is 5. The molecule has 0 aliphatic rings. The number of carbonyl (C=O) groups is 2. The third-order valence-corrected chi connectivity index (χ3v) is 7.81. The highest BCUT2D eigenvalue weighted by atomic mass is 16.6. The molecule has 0 fully saturated rings. The fourth-order valence-corrected chi connectivity index (χ4v) is 5.33. The van der Waals surface area contributed by atoms with E-state index in [0.717, 1.165) is 40.9 Å². The smallest absolute Gasteiger partial charge is 0.343 e. The van der Waals surface area contributed by atoms with Gasteiger partial charge in [-0.05, 0) is 43.3 Å². The predicted octanol–water partition coefficient (Wildman–Crippen LogP) is 3.68. The zero-order valence-corrected chi connectivity index (χ0v) is 26.9. The minimum absolute atomic E-state index is 0.0283. The van der Waals surface area contributed by atoms with Gasteiger partial charge >= 0.3 is 5.97 Å². The fraction of sp³-hybridized carbons (Fsp3) is 0.455. The number of esters is 1. The molecule has 45 heavy (non-hydrogen) atoms. The second-order valence-corrected chi connectivity index (χ2v) is 10.6. The Morgan fingerprint density at radius 2 is 1.78 bits per heavy atom. The maximum Gasteiger partial charge on any atom is 0.343 e. The van der Waals surface area contributed by atoms with Crippen LogP contribution in [0.25, 0.3) is 21.9 Å². The van der Waals surface area contributed by atoms with Crippen molar-refractivity contribution in [2.75, 3.05) is 66.5 Å². The summed E-state index contributed by atoms with van der Waals surface area (Å²) in [7, 11) is 4.51. The first kappa shape index (κ1) is 33.5. The molecule has 0 bridgehead atoms. The second kappa shape index (κ2) is 16.1. The zero-order chi connectivity index (χ0) is 32.3. The lowest BCUT2D eigenvalue weighted by molar-refractivity contribution is -0.143. The van der Waals surface area contributed by atoms with Crippen LogP contribution in [0.5, 0.6) is 11.5 Å². The molecule has 0 saturated heterocycles. The number of rotatable bonds is 17. The Kier molecular flexibility index (Phi) is 11.9. The number of likely N-dealkylation sites (N-methyl/N-ethyl adjacent to an activating group) is 1. The third kappa shape index (κ3) is 8.20. The summed E-state index contributed by atoms with van der Waals surface area (Å²) >= 11 is 0. The first-order valence-corrected chi connectivity index (χ1v) is 15.2. The van der Waals surface area contributed by atoms with Crippen LogP contribution in [0.4, 0.5) is 5.82 Å². The van der Waals surface area contributed by atoms with Gasteiger partial charge in [-0.1, -0.05) is 38.1 Å². The van der Waals surface area contributed by atoms with Crippen LogP contribution in [0.15, 0.2) is 42.5 Å². The number of aryl methyl sites for hydroxylation is 1. The molecule has 4 aromatic rings. The molecule has 0 spiro atoms. The molecule has 2 heterocycles. The van der Waals surface area contributed by atoms with Gasteiger partial charge in [0.25, 0.3) is 0 Å². The fourth-order valence-electron chi connectivity index (χ4n) is 5.33. The van der Waals surface area contributed by atoms with Crippen LogP contribution in [0.1, 0.15) is 31.7 Å². The summed E-state index contributed by atoms with van der Waals surface area (Å²) in [5, 5.41) is 0.977. The van der Waals surface area contributed by atoms with Crippen LogP contribution >= 0.6 is 0 Å². The number of aromatic nitrogens is 3. The van der Waals surface area contributed by atoms with Gasteiger partial charge in [0.15, 0.2) is 23.9 Å². The van der Waals surface area contributed by atoms with Crippen LogP contribution < -0.4 is 15.2 Å². The number of amides is 1. The number of nitrogen functional groups attached to an aromatic ring is 1. The number of ether oxygens (including phenoxy) is 4. The van der Waals surface area contributed by atoms with Gasteiger partial charge in [0, 0.05) is 38.6 Å². The van der Waals surface area contributed by atoms with Gasteiger partial charge in [-0.25, -0.2) is 14.8 Å². The summed E-state index contributed by atoms with van der Waals surface area (Å²) in [4.78, 5) is 38.8. The molecule has 0 atom stereocenters. The van der Waals surface area contributed by atoms with Crippen LogP contribution in [0.2, 0.25) is 0 Å². The lowest BCUT2D eigenvalue weighted by atomic mass is 10.1. The van der Waals surface area contributed by atoms with Crippen molar-refractivity contribution in [3.05, 3.63) is 53.9 Å². The number of pyridine rings is 1. The number of benzene rings is 2. The summed E-state index contributed by atoms with van der Waals surface area (Å²) in [6.45, 7) is 7.71. The van der Waals surface area contributed by atoms with Gasteiger partial charge in [0.05, 0.1) is 38.4 Å². The van der Waals surface area contributed by atoms with Gasteiger partial charge in [-0.2, -0.15) is 0 Å². The Balaban J connectivity index is 1.62. The van der Waals surface area contributed by atoms with Crippen LogP contribution in [-0.4, -0.2) is 96.9 Å². The molecule has 12 nitrogen and oxygen atoms in total. The molecule has 2 aromatic carbocycles. The normalized spacial score (nSPS) is 11.3. The van der Waals surface area contributed by atoms with E-state index in [2.05, 4.69) is 14.5 Å². The molecule has 4 rings (SSSR count). The van der Waals surface area contributed by atoms with Crippen LogP contribution in [-0.2, 0) is 38.6 Å². The van der Waals surface area contributed by atoms with Crippen molar-refractivity contribution in [1.82, 2.24) is 24.3 Å². The third-order valence-electron chi connectivity index (χ3n) is 7.81. The number of hydrogen-bond acceptors (Lipinski definition) is 10. The lowest BCUT2D eigenvalue weighted by Gasteiger charge is -2.27. The Morgan fingerprint density at radius 3 is 2.49 bits per heavy atom. The monoisotopic (exact) mass is 620 g/mol. The quantitative estimate of drug-likeness (QED) is 0.174. The van der Waals surface area contributed by atoms with Gasteiger partial charge in [-0.3, -0.25) is 9.69 Å². The minimum atomic E-state index is -0.499. The molecule has 0 aliphatic carbocycles. The summed E-state index contributed by atoms with van der Waals surface area (Å²) < 4.78 is 23.4. The first-order chi connectivity index (χ1) is 21.8. The number of imidazole rings is 1. The van der Waals surface area contributed by atoms with Gasteiger partial charge < -0.3 is 34.1 Å². The molecule has 0 unspecified atom stereocenters. The van der Waals surface area contributed by atoms with Gasteiger partial charge in [-0.15, -0.1) is 0 Å². The average molecular weight is 621 g/mol. The van der Waals surface area contributed by atoms with Crippen molar-refractivity contribution >= 4 is 39.6 Å². The van der Waals surface area contributed by atoms with Crippen molar-refractivity contribution in [2.24, 2.45) is 0 Å². The average Bonchev–Trinajstić information content (AvgIpc) is 3.43. The molecule has 1 amide bonds. The molecule has 242 valence electrons. The lowest BCUT2D eigenvalue weighted by Crippen LogP contribution is -2.40. The Bertz CT molecular complexity index is 1600. The van der Waals surface area contributed by atoms with E-state index >= 15 is 0 Å². The van der Waals surface area contributed by atoms with E-state index in [1.54, 1.807) is 19.2 Å². The predicted molar refractivity (Wildman–Crippen MR) is 173 cm³/mol. The highest BCUT2D eigenvalue weighted by Gasteiger charge is 2.20. The number of anilines is 1. The highest BCUT2D eigenvalue weighted by Crippen LogP contribution is 2.30. The Labute approximate surface area is 264 Å². The molecular formula is C33H44N6O6. The highest BCUT2D eigenvalue weighted by molar-refractivity contribution is 6.06. The van der Waals surface area contributed by atoms with E-state index in [-0.39, 0.29) is 12.5 Å². The van der Waals surface area contributed by atoms with E-state index in [1.807, 2.05) is 49.1 Å². The standard InChI is InChI=1S/C33H44N6O6/c1-6-37(7-2)21-29(40)38(20-23-13-14-26(43-4)27(19-23)45-22-30(41)44-5)16-10-17-39-28(15-18-42-3)36-31-32(39)24-11-8-9-12-25(24)35-33(31)34/h8-9,11-14,19H,6-7,10,15-18,20-22H2,1-5H3,(H2,34,35).